The minimum atomic E-state index is 0.200. The molecule has 2 atom stereocenters. The quantitative estimate of drug-likeness (QED) is 0.745. The van der Waals surface area contributed by atoms with E-state index in [4.69, 9.17) is 4.99 Å². The first-order valence-corrected chi connectivity index (χ1v) is 6.98. The van der Waals surface area contributed by atoms with Gasteiger partial charge >= 0.3 is 0 Å². The molecule has 2 heterocycles. The molecule has 3 heteroatoms. The molecule has 0 aromatic rings. The fourth-order valence-electron chi connectivity index (χ4n) is 2.38. The molecule has 0 bridgehead atoms. The number of hydrogen-bond donors (Lipinski definition) is 2. The number of amidine groups is 1. The Morgan fingerprint density at radius 1 is 1.28 bits per heavy atom. The van der Waals surface area contributed by atoms with Gasteiger partial charge in [-0.1, -0.05) is 37.6 Å². The molecule has 0 aromatic carbocycles. The van der Waals surface area contributed by atoms with Crippen LogP contribution >= 0.6 is 0 Å². The molecule has 1 saturated heterocycles. The molecule has 2 unspecified atom stereocenters. The Bertz CT molecular complexity index is 409. The van der Waals surface area contributed by atoms with Gasteiger partial charge in [-0.2, -0.15) is 0 Å². The van der Waals surface area contributed by atoms with E-state index in [1.54, 1.807) is 0 Å². The highest BCUT2D eigenvalue weighted by molar-refractivity contribution is 5.92. The van der Waals surface area contributed by atoms with Crippen molar-refractivity contribution in [3.05, 3.63) is 35.6 Å². The third-order valence-corrected chi connectivity index (χ3v) is 3.33. The van der Waals surface area contributed by atoms with Crippen molar-refractivity contribution in [3.63, 3.8) is 0 Å². The fourth-order valence-corrected chi connectivity index (χ4v) is 2.38. The Hall–Kier alpha value is -1.35. The molecule has 98 valence electrons. The van der Waals surface area contributed by atoms with Crippen LogP contribution in [-0.2, 0) is 0 Å². The van der Waals surface area contributed by atoms with E-state index in [0.717, 1.165) is 12.4 Å². The van der Waals surface area contributed by atoms with Crippen LogP contribution in [0.25, 0.3) is 0 Å². The number of nitrogens with one attached hydrogen (secondary N) is 2. The second kappa shape index (κ2) is 6.01. The van der Waals surface area contributed by atoms with Crippen LogP contribution in [0.15, 0.2) is 40.6 Å². The summed E-state index contributed by atoms with van der Waals surface area (Å²) in [6.45, 7) is 7.22. The van der Waals surface area contributed by atoms with Crippen LogP contribution in [0.5, 0.6) is 0 Å². The first kappa shape index (κ1) is 13.1. The Morgan fingerprint density at radius 3 is 2.83 bits per heavy atom. The standard InChI is InChI=1S/C13H17N3.C2H6/c1-9-4-6-10-11(7-5-9)16-13(15-10)12-3-2-8-14-12;1-2/h4-7,10,12,14H,2-3,8H2,1H3,(H,15,16);1-2H3. The largest absolute Gasteiger partial charge is 0.344 e. The molecular weight excluding hydrogens is 222 g/mol. The summed E-state index contributed by atoms with van der Waals surface area (Å²) >= 11 is 0. The Balaban J connectivity index is 0.000000574. The van der Waals surface area contributed by atoms with Gasteiger partial charge in [0.25, 0.3) is 0 Å². The van der Waals surface area contributed by atoms with Gasteiger partial charge < -0.3 is 10.6 Å². The highest BCUT2D eigenvalue weighted by Crippen LogP contribution is 2.20. The van der Waals surface area contributed by atoms with Crippen molar-refractivity contribution in [3.8, 4) is 0 Å². The molecule has 0 amide bonds. The average molecular weight is 245 g/mol. The third kappa shape index (κ3) is 2.72. The van der Waals surface area contributed by atoms with Crippen molar-refractivity contribution in [2.45, 2.75) is 45.7 Å². The minimum absolute atomic E-state index is 0.200. The number of nitrogens with zero attached hydrogens (tertiary/aromatic N) is 1. The zero-order valence-corrected chi connectivity index (χ0v) is 11.5. The second-order valence-corrected chi connectivity index (χ2v) is 4.62. The Labute approximate surface area is 110 Å². The first-order valence-electron chi connectivity index (χ1n) is 6.98. The summed E-state index contributed by atoms with van der Waals surface area (Å²) in [5.41, 5.74) is 2.48. The summed E-state index contributed by atoms with van der Waals surface area (Å²) in [4.78, 5) is 4.74. The lowest BCUT2D eigenvalue weighted by atomic mass is 10.2. The van der Waals surface area contributed by atoms with Gasteiger partial charge in [0.15, 0.2) is 0 Å². The molecule has 2 N–H and O–H groups in total. The van der Waals surface area contributed by atoms with Crippen LogP contribution in [0.1, 0.15) is 33.6 Å². The molecule has 3 aliphatic rings. The molecule has 0 aromatic heterocycles. The summed E-state index contributed by atoms with van der Waals surface area (Å²) in [6.07, 6.45) is 11.0. The van der Waals surface area contributed by atoms with Gasteiger partial charge in [0, 0.05) is 5.70 Å². The van der Waals surface area contributed by atoms with Gasteiger partial charge in [0.1, 0.15) is 11.9 Å². The normalized spacial score (nSPS) is 29.2. The zero-order valence-electron chi connectivity index (χ0n) is 11.5. The maximum absolute atomic E-state index is 4.74. The highest BCUT2D eigenvalue weighted by atomic mass is 15.2. The van der Waals surface area contributed by atoms with Crippen LogP contribution in [0, 0.1) is 0 Å². The molecular formula is C15H23N3. The lowest BCUT2D eigenvalue weighted by Gasteiger charge is -2.10. The maximum Gasteiger partial charge on any atom is 0.119 e. The Kier molecular flexibility index (Phi) is 4.37. The first-order chi connectivity index (χ1) is 8.83. The van der Waals surface area contributed by atoms with Crippen LogP contribution in [-0.4, -0.2) is 24.5 Å². The molecule has 0 spiro atoms. The van der Waals surface area contributed by atoms with Crippen LogP contribution < -0.4 is 10.6 Å². The van der Waals surface area contributed by atoms with Gasteiger partial charge in [0.2, 0.25) is 0 Å². The van der Waals surface area contributed by atoms with Crippen molar-refractivity contribution in [2.75, 3.05) is 6.54 Å². The van der Waals surface area contributed by atoms with E-state index in [-0.39, 0.29) is 6.04 Å². The molecule has 1 aliphatic carbocycles. The van der Waals surface area contributed by atoms with Crippen molar-refractivity contribution >= 4 is 5.84 Å². The summed E-state index contributed by atoms with van der Waals surface area (Å²) in [5.74, 6) is 1.12. The molecule has 3 rings (SSSR count). The summed E-state index contributed by atoms with van der Waals surface area (Å²) in [6, 6.07) is 0.636. The van der Waals surface area contributed by atoms with E-state index < -0.39 is 0 Å². The number of aliphatic imine (C=N–C) groups is 1. The van der Waals surface area contributed by atoms with E-state index in [0.29, 0.717) is 6.04 Å². The summed E-state index contributed by atoms with van der Waals surface area (Å²) in [5, 5.41) is 6.92. The predicted molar refractivity (Wildman–Crippen MR) is 77.7 cm³/mol. The topological polar surface area (TPSA) is 36.4 Å². The Morgan fingerprint density at radius 2 is 2.11 bits per heavy atom. The summed E-state index contributed by atoms with van der Waals surface area (Å²) in [7, 11) is 0. The monoisotopic (exact) mass is 245 g/mol. The van der Waals surface area contributed by atoms with E-state index in [1.807, 2.05) is 13.8 Å². The molecule has 3 nitrogen and oxygen atoms in total. The van der Waals surface area contributed by atoms with Gasteiger partial charge in [0.05, 0.1) is 6.04 Å². The van der Waals surface area contributed by atoms with Crippen LogP contribution in [0.2, 0.25) is 0 Å². The lowest BCUT2D eigenvalue weighted by molar-refractivity contribution is 0.748. The molecule has 2 aliphatic heterocycles. The summed E-state index contributed by atoms with van der Waals surface area (Å²) < 4.78 is 0. The second-order valence-electron chi connectivity index (χ2n) is 4.62. The smallest absolute Gasteiger partial charge is 0.119 e. The van der Waals surface area contributed by atoms with E-state index in [9.17, 15) is 0 Å². The van der Waals surface area contributed by atoms with Gasteiger partial charge in [-0.15, -0.1) is 0 Å². The molecule has 18 heavy (non-hydrogen) atoms. The number of fused-ring (bicyclic) bond motifs is 1. The number of rotatable bonds is 1. The van der Waals surface area contributed by atoms with Gasteiger partial charge in [-0.25, -0.2) is 0 Å². The van der Waals surface area contributed by atoms with Gasteiger partial charge in [-0.05, 0) is 32.4 Å². The van der Waals surface area contributed by atoms with Crippen molar-refractivity contribution in [2.24, 2.45) is 4.99 Å². The van der Waals surface area contributed by atoms with E-state index >= 15 is 0 Å². The maximum atomic E-state index is 4.74. The third-order valence-electron chi connectivity index (χ3n) is 3.33. The number of allylic oxidation sites excluding steroid dienone is 4. The lowest BCUT2D eigenvalue weighted by Crippen LogP contribution is -2.37. The van der Waals surface area contributed by atoms with Crippen LogP contribution in [0.4, 0.5) is 0 Å². The minimum Gasteiger partial charge on any atom is -0.344 e. The van der Waals surface area contributed by atoms with Crippen LogP contribution in [0.3, 0.4) is 0 Å². The van der Waals surface area contributed by atoms with Crippen molar-refractivity contribution in [1.82, 2.24) is 10.6 Å². The SMILES string of the molecule is CC.CC1=CC=C2NC(C3CCCN3)=NC2C=C1. The van der Waals surface area contributed by atoms with E-state index in [1.165, 1.54) is 24.1 Å². The van der Waals surface area contributed by atoms with Crippen molar-refractivity contribution < 1.29 is 0 Å². The predicted octanol–water partition coefficient (Wildman–Crippen LogP) is 2.53. The van der Waals surface area contributed by atoms with Crippen molar-refractivity contribution in [1.29, 1.82) is 0 Å². The average Bonchev–Trinajstić information content (AvgIpc) is 3.03. The molecule has 1 fully saturated rings. The molecule has 0 radical (unpaired) electrons. The molecule has 0 saturated carbocycles. The van der Waals surface area contributed by atoms with Gasteiger partial charge in [-0.3, -0.25) is 4.99 Å². The number of hydrogen-bond acceptors (Lipinski definition) is 3. The van der Waals surface area contributed by atoms with E-state index in [2.05, 4.69) is 41.9 Å². The fraction of sp³-hybridized carbons (Fsp3) is 0.533. The zero-order chi connectivity index (χ0) is 13.0. The highest BCUT2D eigenvalue weighted by Gasteiger charge is 2.28.